The zero-order valence-corrected chi connectivity index (χ0v) is 18.4. The lowest BCUT2D eigenvalue weighted by molar-refractivity contribution is -0.147. The third-order valence-electron chi connectivity index (χ3n) is 7.37. The minimum Gasteiger partial charge on any atom is -0.431 e. The number of anilines is 1. The molecule has 7 nitrogen and oxygen atoms in total. The summed E-state index contributed by atoms with van der Waals surface area (Å²) in [5.41, 5.74) is 7.29. The number of morpholine rings is 1. The van der Waals surface area contributed by atoms with E-state index < -0.39 is 6.61 Å². The molecule has 1 aromatic rings. The number of nitrogens with one attached hydrogen (secondary N) is 2. The van der Waals surface area contributed by atoms with Crippen molar-refractivity contribution in [2.75, 3.05) is 18.9 Å². The van der Waals surface area contributed by atoms with Crippen molar-refractivity contribution in [3.05, 3.63) is 29.6 Å². The summed E-state index contributed by atoms with van der Waals surface area (Å²) in [6.07, 6.45) is 6.92. The van der Waals surface area contributed by atoms with Crippen LogP contribution in [0.4, 0.5) is 14.6 Å². The molecule has 6 atom stereocenters. The zero-order valence-electron chi connectivity index (χ0n) is 18.4. The smallest absolute Gasteiger partial charge is 0.387 e. The first-order chi connectivity index (χ1) is 15.3. The molecule has 174 valence electrons. The van der Waals surface area contributed by atoms with Crippen LogP contribution in [0, 0.1) is 23.2 Å². The number of nitrogens with two attached hydrogens (primary N) is 1. The molecule has 3 unspecified atom stereocenters. The number of halogens is 2. The predicted octanol–water partition coefficient (Wildman–Crippen LogP) is 3.01. The number of pyridine rings is 1. The van der Waals surface area contributed by atoms with Gasteiger partial charge in [-0.3, -0.25) is 4.90 Å². The van der Waals surface area contributed by atoms with Crippen molar-refractivity contribution in [3.63, 3.8) is 0 Å². The molecule has 2 saturated heterocycles. The van der Waals surface area contributed by atoms with E-state index in [4.69, 9.17) is 15.9 Å². The van der Waals surface area contributed by atoms with Gasteiger partial charge in [-0.05, 0) is 57.1 Å². The Morgan fingerprint density at radius 1 is 1.25 bits per heavy atom. The molecule has 0 aromatic carbocycles. The van der Waals surface area contributed by atoms with Gasteiger partial charge in [0.1, 0.15) is 0 Å². The van der Waals surface area contributed by atoms with E-state index in [1.165, 1.54) is 31.5 Å². The molecule has 2 saturated carbocycles. The quantitative estimate of drug-likeness (QED) is 0.530. The summed E-state index contributed by atoms with van der Waals surface area (Å²) in [7, 11) is 0. The third kappa shape index (κ3) is 3.96. The van der Waals surface area contributed by atoms with E-state index in [0.717, 1.165) is 18.9 Å². The van der Waals surface area contributed by atoms with Crippen LogP contribution in [0.15, 0.2) is 24.0 Å². The highest BCUT2D eigenvalue weighted by Gasteiger charge is 2.61. The van der Waals surface area contributed by atoms with Crippen molar-refractivity contribution in [3.8, 4) is 5.75 Å². The van der Waals surface area contributed by atoms with Gasteiger partial charge >= 0.3 is 6.61 Å². The third-order valence-corrected chi connectivity index (χ3v) is 7.37. The molecular weight excluding hydrogens is 416 g/mol. The lowest BCUT2D eigenvalue weighted by Crippen LogP contribution is -2.66. The molecule has 0 amide bonds. The lowest BCUT2D eigenvalue weighted by Gasteiger charge is -2.55. The van der Waals surface area contributed by atoms with E-state index in [1.54, 1.807) is 0 Å². The van der Waals surface area contributed by atoms with Crippen LogP contribution < -0.4 is 15.8 Å². The standard InChI is InChI=1S/C23H31F2N5O2/c1-11(2)29-19(7-18(26)12-3-20(32-23(24)25)22(27)28-8-12)21-16-5-13(6-17(16)21)30-14-4-15(30)10-31-9-14/h3,7-8,11,13-17,21,23,26,29H,4-6,9-10H2,1-2H3,(H2,27,28)/b19-7-,26-18?/t13-,14?,15?,16-,17?,21+/m0/s1. The van der Waals surface area contributed by atoms with E-state index in [2.05, 4.69) is 33.8 Å². The molecule has 4 N–H and O–H groups in total. The maximum Gasteiger partial charge on any atom is 0.387 e. The van der Waals surface area contributed by atoms with Gasteiger partial charge in [0.25, 0.3) is 0 Å². The number of ether oxygens (including phenoxy) is 2. The molecule has 2 aliphatic carbocycles. The van der Waals surface area contributed by atoms with Crippen LogP contribution in [0.1, 0.15) is 38.7 Å². The molecule has 4 fully saturated rings. The Labute approximate surface area is 186 Å². The maximum atomic E-state index is 12.6. The van der Waals surface area contributed by atoms with E-state index in [1.807, 2.05) is 6.08 Å². The first-order valence-electron chi connectivity index (χ1n) is 11.4. The van der Waals surface area contributed by atoms with Crippen LogP contribution in [0.25, 0.3) is 0 Å². The van der Waals surface area contributed by atoms with E-state index in [-0.39, 0.29) is 23.3 Å². The van der Waals surface area contributed by atoms with Crippen LogP contribution in [0.3, 0.4) is 0 Å². The molecule has 0 spiro atoms. The number of hydrogen-bond acceptors (Lipinski definition) is 7. The lowest BCUT2D eigenvalue weighted by atomic mass is 9.87. The van der Waals surface area contributed by atoms with Crippen molar-refractivity contribution in [2.45, 2.75) is 63.9 Å². The molecule has 5 rings (SSSR count). The number of hydrogen-bond donors (Lipinski definition) is 3. The molecule has 0 radical (unpaired) electrons. The van der Waals surface area contributed by atoms with Crippen LogP contribution in [-0.2, 0) is 4.74 Å². The van der Waals surface area contributed by atoms with Gasteiger partial charge < -0.3 is 25.9 Å². The summed E-state index contributed by atoms with van der Waals surface area (Å²) in [5.74, 6) is 1.37. The summed E-state index contributed by atoms with van der Waals surface area (Å²) in [6.45, 7) is 2.91. The van der Waals surface area contributed by atoms with Crippen LogP contribution in [0.5, 0.6) is 5.75 Å². The second-order valence-corrected chi connectivity index (χ2v) is 9.81. The Hall–Kier alpha value is -2.26. The number of rotatable bonds is 8. The largest absolute Gasteiger partial charge is 0.431 e. The highest BCUT2D eigenvalue weighted by atomic mass is 19.3. The Morgan fingerprint density at radius 3 is 2.53 bits per heavy atom. The minimum absolute atomic E-state index is 0.115. The predicted molar refractivity (Wildman–Crippen MR) is 117 cm³/mol. The van der Waals surface area contributed by atoms with Crippen LogP contribution >= 0.6 is 0 Å². The summed E-state index contributed by atoms with van der Waals surface area (Å²) < 4.78 is 35.3. The van der Waals surface area contributed by atoms with Crippen molar-refractivity contribution in [1.29, 1.82) is 5.41 Å². The topological polar surface area (TPSA) is 96.5 Å². The molecule has 9 heteroatoms. The second-order valence-electron chi connectivity index (χ2n) is 9.81. The molecule has 2 bridgehead atoms. The monoisotopic (exact) mass is 447 g/mol. The first-order valence-corrected chi connectivity index (χ1v) is 11.4. The van der Waals surface area contributed by atoms with Crippen molar-refractivity contribution in [1.82, 2.24) is 15.2 Å². The summed E-state index contributed by atoms with van der Waals surface area (Å²) in [5, 5.41) is 12.1. The van der Waals surface area contributed by atoms with Crippen molar-refractivity contribution < 1.29 is 18.3 Å². The average molecular weight is 448 g/mol. The summed E-state index contributed by atoms with van der Waals surface area (Å²) in [6, 6.07) is 3.46. The zero-order chi connectivity index (χ0) is 22.6. The highest BCUT2D eigenvalue weighted by molar-refractivity contribution is 6.07. The van der Waals surface area contributed by atoms with Gasteiger partial charge in [-0.2, -0.15) is 8.78 Å². The molecule has 3 heterocycles. The van der Waals surface area contributed by atoms with E-state index in [0.29, 0.717) is 41.4 Å². The van der Waals surface area contributed by atoms with Crippen molar-refractivity contribution in [2.24, 2.45) is 17.8 Å². The van der Waals surface area contributed by atoms with Gasteiger partial charge in [0.15, 0.2) is 11.6 Å². The number of nitrogen functional groups attached to an aromatic ring is 1. The average Bonchev–Trinajstić information content (AvgIpc) is 3.23. The number of aromatic nitrogens is 1. The highest BCUT2D eigenvalue weighted by Crippen LogP contribution is 2.62. The first kappa shape index (κ1) is 21.6. The Balaban J connectivity index is 1.28. The summed E-state index contributed by atoms with van der Waals surface area (Å²) >= 11 is 0. The molecule has 2 aliphatic heterocycles. The fraction of sp³-hybridized carbons (Fsp3) is 0.652. The molecular formula is C23H31F2N5O2. The van der Waals surface area contributed by atoms with Crippen LogP contribution in [-0.4, -0.2) is 59.6 Å². The minimum atomic E-state index is -2.99. The number of allylic oxidation sites excluding steroid dienone is 2. The van der Waals surface area contributed by atoms with Gasteiger partial charge in [0.2, 0.25) is 0 Å². The molecule has 1 aromatic heterocycles. The van der Waals surface area contributed by atoms with E-state index in [9.17, 15) is 8.78 Å². The number of fused-ring (bicyclic) bond motifs is 3. The van der Waals surface area contributed by atoms with Gasteiger partial charge in [0, 0.05) is 47.5 Å². The van der Waals surface area contributed by atoms with Gasteiger partial charge in [-0.15, -0.1) is 0 Å². The SMILES string of the molecule is CC(C)N/C(=C\C(=N)c1cnc(N)c(OC(F)F)c1)[C@H]1C2C[C@@H](N3C4COCC3C4)C[C@@H]21. The van der Waals surface area contributed by atoms with E-state index >= 15 is 0 Å². The Kier molecular flexibility index (Phi) is 5.57. The van der Waals surface area contributed by atoms with Crippen LogP contribution in [0.2, 0.25) is 0 Å². The Bertz CT molecular complexity index is 898. The fourth-order valence-electron chi connectivity index (χ4n) is 6.08. The second kappa shape index (κ2) is 8.26. The maximum absolute atomic E-state index is 12.6. The molecule has 32 heavy (non-hydrogen) atoms. The number of nitrogens with zero attached hydrogens (tertiary/aromatic N) is 2. The molecule has 4 aliphatic rings. The van der Waals surface area contributed by atoms with Gasteiger partial charge in [0.05, 0.1) is 18.9 Å². The normalized spacial score (nSPS) is 33.8. The van der Waals surface area contributed by atoms with Gasteiger partial charge in [-0.1, -0.05) is 0 Å². The van der Waals surface area contributed by atoms with Crippen molar-refractivity contribution >= 4 is 11.5 Å². The Morgan fingerprint density at radius 2 is 1.94 bits per heavy atom. The fourth-order valence-corrected chi connectivity index (χ4v) is 6.08. The summed E-state index contributed by atoms with van der Waals surface area (Å²) in [4.78, 5) is 6.62. The number of alkyl halides is 2. The van der Waals surface area contributed by atoms with Gasteiger partial charge in [-0.25, -0.2) is 4.98 Å².